The first-order valence-electron chi connectivity index (χ1n) is 6.85. The summed E-state index contributed by atoms with van der Waals surface area (Å²) in [5.41, 5.74) is 0.989. The molecule has 0 atom stereocenters. The Labute approximate surface area is 117 Å². The van der Waals surface area contributed by atoms with Crippen molar-refractivity contribution in [3.63, 3.8) is 0 Å². The Morgan fingerprint density at radius 1 is 1.47 bits per heavy atom. The molecule has 0 aliphatic heterocycles. The lowest BCUT2D eigenvalue weighted by Crippen LogP contribution is -2.30. The maximum Gasteiger partial charge on any atom is 0.255 e. The van der Waals surface area contributed by atoms with Crippen molar-refractivity contribution >= 4 is 23.2 Å². The molecule has 0 saturated heterocycles. The van der Waals surface area contributed by atoms with Gasteiger partial charge in [-0.25, -0.2) is 0 Å². The summed E-state index contributed by atoms with van der Waals surface area (Å²) in [6.45, 7) is 5.26. The first-order chi connectivity index (χ1) is 9.22. The van der Waals surface area contributed by atoms with Crippen molar-refractivity contribution in [3.8, 4) is 0 Å². The van der Waals surface area contributed by atoms with Crippen LogP contribution in [0.1, 0.15) is 38.2 Å². The van der Waals surface area contributed by atoms with Crippen molar-refractivity contribution in [2.45, 2.75) is 45.6 Å². The highest BCUT2D eigenvalue weighted by Gasteiger charge is 2.32. The lowest BCUT2D eigenvalue weighted by atomic mass is 10.2. The predicted molar refractivity (Wildman–Crippen MR) is 75.8 cm³/mol. The zero-order valence-electron chi connectivity index (χ0n) is 11.3. The van der Waals surface area contributed by atoms with Gasteiger partial charge in [0.25, 0.3) is 5.78 Å². The van der Waals surface area contributed by atoms with Gasteiger partial charge in [0.2, 0.25) is 0 Å². The zero-order chi connectivity index (χ0) is 13.4. The van der Waals surface area contributed by atoms with E-state index < -0.39 is 0 Å². The molecule has 2 heterocycles. The fourth-order valence-electron chi connectivity index (χ4n) is 2.40. The minimum Gasteiger partial charge on any atom is -0.353 e. The summed E-state index contributed by atoms with van der Waals surface area (Å²) in [7, 11) is 0. The van der Waals surface area contributed by atoms with Gasteiger partial charge in [-0.15, -0.1) is 0 Å². The molecule has 0 aromatic carbocycles. The van der Waals surface area contributed by atoms with Crippen LogP contribution in [-0.2, 0) is 0 Å². The number of rotatable bonds is 5. The van der Waals surface area contributed by atoms with E-state index in [-0.39, 0.29) is 0 Å². The summed E-state index contributed by atoms with van der Waals surface area (Å²) in [6.07, 6.45) is 6.39. The van der Waals surface area contributed by atoms with Crippen LogP contribution >= 0.6 is 11.6 Å². The largest absolute Gasteiger partial charge is 0.353 e. The summed E-state index contributed by atoms with van der Waals surface area (Å²) in [6, 6.07) is 0.621. The molecule has 6 heteroatoms. The van der Waals surface area contributed by atoms with E-state index in [9.17, 15) is 0 Å². The molecule has 1 aliphatic rings. The molecule has 102 valence electrons. The van der Waals surface area contributed by atoms with E-state index in [2.05, 4.69) is 26.9 Å². The normalized spacial score (nSPS) is 15.1. The van der Waals surface area contributed by atoms with Gasteiger partial charge in [0.1, 0.15) is 17.3 Å². The highest BCUT2D eigenvalue weighted by molar-refractivity contribution is 6.30. The second-order valence-electron chi connectivity index (χ2n) is 5.10. The molecule has 2 aromatic rings. The molecule has 3 rings (SSSR count). The molecule has 0 spiro atoms. The van der Waals surface area contributed by atoms with Crippen molar-refractivity contribution in [1.29, 1.82) is 0 Å². The molecule has 1 fully saturated rings. The number of halogens is 1. The SMILES string of the molecule is CCCCN(c1c(C)c(Cl)nc2ncnn12)C1CC1. The third kappa shape index (κ3) is 2.27. The van der Waals surface area contributed by atoms with Gasteiger partial charge in [-0.1, -0.05) is 24.9 Å². The first-order valence-corrected chi connectivity index (χ1v) is 7.22. The molecule has 0 unspecified atom stereocenters. The van der Waals surface area contributed by atoms with E-state index in [1.807, 2.05) is 11.4 Å². The van der Waals surface area contributed by atoms with Crippen LogP contribution in [0.3, 0.4) is 0 Å². The van der Waals surface area contributed by atoms with E-state index in [4.69, 9.17) is 11.6 Å². The molecular weight excluding hydrogens is 262 g/mol. The Bertz CT molecular complexity index is 590. The summed E-state index contributed by atoms with van der Waals surface area (Å²) in [5.74, 6) is 1.64. The average molecular weight is 280 g/mol. The fraction of sp³-hybridized carbons (Fsp3) is 0.615. The van der Waals surface area contributed by atoms with Crippen molar-refractivity contribution in [1.82, 2.24) is 19.6 Å². The van der Waals surface area contributed by atoms with Crippen LogP contribution in [0.25, 0.3) is 5.78 Å². The van der Waals surface area contributed by atoms with E-state index in [0.717, 1.165) is 17.9 Å². The van der Waals surface area contributed by atoms with Crippen LogP contribution in [0.5, 0.6) is 0 Å². The number of unbranched alkanes of at least 4 members (excludes halogenated alkanes) is 1. The van der Waals surface area contributed by atoms with Gasteiger partial charge in [-0.05, 0) is 26.2 Å². The quantitative estimate of drug-likeness (QED) is 0.790. The Kier molecular flexibility index (Phi) is 3.31. The van der Waals surface area contributed by atoms with Crippen LogP contribution in [-0.4, -0.2) is 32.2 Å². The second-order valence-corrected chi connectivity index (χ2v) is 5.46. The number of fused-ring (bicyclic) bond motifs is 1. The van der Waals surface area contributed by atoms with E-state index in [1.165, 1.54) is 32.0 Å². The number of nitrogens with zero attached hydrogens (tertiary/aromatic N) is 5. The molecule has 0 bridgehead atoms. The molecular formula is C13H18ClN5. The van der Waals surface area contributed by atoms with Crippen LogP contribution in [0.2, 0.25) is 5.15 Å². The smallest absolute Gasteiger partial charge is 0.255 e. The van der Waals surface area contributed by atoms with Crippen LogP contribution in [0, 0.1) is 6.92 Å². The molecule has 1 saturated carbocycles. The lowest BCUT2D eigenvalue weighted by molar-refractivity contribution is 0.688. The average Bonchev–Trinajstić information content (AvgIpc) is 3.13. The zero-order valence-corrected chi connectivity index (χ0v) is 12.1. The topological polar surface area (TPSA) is 46.3 Å². The van der Waals surface area contributed by atoms with Crippen molar-refractivity contribution in [2.24, 2.45) is 0 Å². The van der Waals surface area contributed by atoms with Gasteiger partial charge in [0.05, 0.1) is 0 Å². The molecule has 0 radical (unpaired) electrons. The minimum atomic E-state index is 0.526. The predicted octanol–water partition coefficient (Wildman–Crippen LogP) is 2.86. The number of aromatic nitrogens is 4. The van der Waals surface area contributed by atoms with Crippen LogP contribution in [0.15, 0.2) is 6.33 Å². The molecule has 0 amide bonds. The standard InChI is InChI=1S/C13H18ClN5/c1-3-4-7-18(10-5-6-10)12-9(2)11(14)17-13-15-8-16-19(12)13/h8,10H,3-7H2,1-2H3. The Hall–Kier alpha value is -1.36. The summed E-state index contributed by atoms with van der Waals surface area (Å²) < 4.78 is 1.81. The van der Waals surface area contributed by atoms with E-state index >= 15 is 0 Å². The third-order valence-electron chi connectivity index (χ3n) is 3.59. The second kappa shape index (κ2) is 4.96. The van der Waals surface area contributed by atoms with E-state index in [1.54, 1.807) is 0 Å². The molecule has 5 nitrogen and oxygen atoms in total. The minimum absolute atomic E-state index is 0.526. The summed E-state index contributed by atoms with van der Waals surface area (Å²) >= 11 is 6.23. The third-order valence-corrected chi connectivity index (χ3v) is 3.95. The number of hydrogen-bond acceptors (Lipinski definition) is 4. The highest BCUT2D eigenvalue weighted by Crippen LogP contribution is 2.35. The molecule has 2 aromatic heterocycles. The summed E-state index contributed by atoms with van der Waals surface area (Å²) in [5, 5.41) is 4.83. The monoisotopic (exact) mass is 279 g/mol. The Balaban J connectivity index is 2.09. The number of anilines is 1. The highest BCUT2D eigenvalue weighted by atomic mass is 35.5. The maximum absolute atomic E-state index is 6.23. The van der Waals surface area contributed by atoms with Gasteiger partial charge >= 0.3 is 0 Å². The van der Waals surface area contributed by atoms with Crippen LogP contribution in [0.4, 0.5) is 5.82 Å². The lowest BCUT2D eigenvalue weighted by Gasteiger charge is -2.26. The molecule has 19 heavy (non-hydrogen) atoms. The van der Waals surface area contributed by atoms with Crippen molar-refractivity contribution in [2.75, 3.05) is 11.4 Å². The van der Waals surface area contributed by atoms with Gasteiger partial charge < -0.3 is 4.90 Å². The van der Waals surface area contributed by atoms with Crippen molar-refractivity contribution in [3.05, 3.63) is 17.0 Å². The van der Waals surface area contributed by atoms with Gasteiger partial charge in [0.15, 0.2) is 0 Å². The Morgan fingerprint density at radius 3 is 2.95 bits per heavy atom. The number of hydrogen-bond donors (Lipinski definition) is 0. The molecule has 0 N–H and O–H groups in total. The van der Waals surface area contributed by atoms with Gasteiger partial charge in [-0.2, -0.15) is 19.6 Å². The van der Waals surface area contributed by atoms with Crippen molar-refractivity contribution < 1.29 is 0 Å². The summed E-state index contributed by atoms with van der Waals surface area (Å²) in [4.78, 5) is 10.8. The maximum atomic E-state index is 6.23. The fourth-order valence-corrected chi connectivity index (χ4v) is 2.56. The van der Waals surface area contributed by atoms with Crippen LogP contribution < -0.4 is 4.90 Å². The molecule has 1 aliphatic carbocycles. The van der Waals surface area contributed by atoms with Gasteiger partial charge in [0, 0.05) is 18.2 Å². The van der Waals surface area contributed by atoms with E-state index in [0.29, 0.717) is 17.0 Å². The Morgan fingerprint density at radius 2 is 2.26 bits per heavy atom. The first kappa shape index (κ1) is 12.7. The van der Waals surface area contributed by atoms with Gasteiger partial charge in [-0.3, -0.25) is 0 Å².